The molecule has 2 aromatic carbocycles. The number of aliphatic carboxylic acids is 1. The van der Waals surface area contributed by atoms with Gasteiger partial charge in [-0.3, -0.25) is 4.79 Å². The molecule has 31 heavy (non-hydrogen) atoms. The van der Waals surface area contributed by atoms with Crippen molar-refractivity contribution in [1.29, 1.82) is 0 Å². The summed E-state index contributed by atoms with van der Waals surface area (Å²) in [5.41, 5.74) is 4.39. The third-order valence-electron chi connectivity index (χ3n) is 5.46. The summed E-state index contributed by atoms with van der Waals surface area (Å²) >= 11 is 0. The molecular formula is C24H27NO6. The Labute approximate surface area is 181 Å². The molecule has 2 aromatic rings. The van der Waals surface area contributed by atoms with Crippen molar-refractivity contribution in [3.63, 3.8) is 0 Å². The molecule has 1 aliphatic carbocycles. The molecule has 2 N–H and O–H groups in total. The topological polar surface area (TPSA) is 102 Å². The lowest BCUT2D eigenvalue weighted by atomic mass is 9.98. The van der Waals surface area contributed by atoms with Gasteiger partial charge in [0.25, 0.3) is 0 Å². The first-order valence-electron chi connectivity index (χ1n) is 10.4. The molecule has 0 aliphatic heterocycles. The van der Waals surface area contributed by atoms with Crippen LogP contribution in [0.2, 0.25) is 0 Å². The highest BCUT2D eigenvalue weighted by molar-refractivity contribution is 5.82. The van der Waals surface area contributed by atoms with Crippen molar-refractivity contribution in [3.8, 4) is 11.1 Å². The number of carboxylic acids is 1. The van der Waals surface area contributed by atoms with Crippen LogP contribution in [0.25, 0.3) is 11.1 Å². The van der Waals surface area contributed by atoms with Crippen LogP contribution < -0.4 is 5.32 Å². The number of esters is 1. The van der Waals surface area contributed by atoms with Gasteiger partial charge in [-0.25, -0.2) is 9.59 Å². The Bertz CT molecular complexity index is 911. The van der Waals surface area contributed by atoms with Gasteiger partial charge in [-0.2, -0.15) is 0 Å². The molecule has 1 amide bonds. The monoisotopic (exact) mass is 425 g/mol. The van der Waals surface area contributed by atoms with Crippen molar-refractivity contribution in [1.82, 2.24) is 5.32 Å². The molecule has 2 atom stereocenters. The van der Waals surface area contributed by atoms with Crippen LogP contribution in [0.1, 0.15) is 50.2 Å². The number of hydrogen-bond donors (Lipinski definition) is 2. The van der Waals surface area contributed by atoms with Crippen molar-refractivity contribution in [2.75, 3.05) is 6.61 Å². The largest absolute Gasteiger partial charge is 0.481 e. The summed E-state index contributed by atoms with van der Waals surface area (Å²) in [5, 5.41) is 11.4. The van der Waals surface area contributed by atoms with Crippen molar-refractivity contribution >= 4 is 18.0 Å². The molecule has 0 aromatic heterocycles. The van der Waals surface area contributed by atoms with E-state index in [-0.39, 0.29) is 31.5 Å². The predicted molar refractivity (Wildman–Crippen MR) is 115 cm³/mol. The third kappa shape index (κ3) is 5.42. The van der Waals surface area contributed by atoms with Gasteiger partial charge in [0.05, 0.1) is 6.10 Å². The number of rotatable bonds is 9. The van der Waals surface area contributed by atoms with Gasteiger partial charge in [-0.05, 0) is 42.0 Å². The second-order valence-electron chi connectivity index (χ2n) is 7.61. The van der Waals surface area contributed by atoms with Gasteiger partial charge < -0.3 is 19.9 Å². The Morgan fingerprint density at radius 3 is 2.16 bits per heavy atom. The fourth-order valence-electron chi connectivity index (χ4n) is 3.66. The summed E-state index contributed by atoms with van der Waals surface area (Å²) in [5.74, 6) is -1.83. The first-order valence-corrected chi connectivity index (χ1v) is 10.4. The third-order valence-corrected chi connectivity index (χ3v) is 5.46. The number of alkyl carbamates (subject to hydrolysis) is 1. The van der Waals surface area contributed by atoms with E-state index in [2.05, 4.69) is 5.32 Å². The number of fused-ring (bicyclic) bond motifs is 3. The number of benzene rings is 2. The SMILES string of the molecule is CCC(C)OC(=O)[C@H](CCC(=O)O)NC(=O)OCC1c2ccccc2-c2ccccc21. The van der Waals surface area contributed by atoms with E-state index < -0.39 is 24.1 Å². The summed E-state index contributed by atoms with van der Waals surface area (Å²) < 4.78 is 10.7. The van der Waals surface area contributed by atoms with E-state index in [1.807, 2.05) is 55.5 Å². The zero-order chi connectivity index (χ0) is 22.4. The molecule has 7 nitrogen and oxygen atoms in total. The van der Waals surface area contributed by atoms with Gasteiger partial charge >= 0.3 is 18.0 Å². The molecule has 0 bridgehead atoms. The Morgan fingerprint density at radius 2 is 1.61 bits per heavy atom. The summed E-state index contributed by atoms with van der Waals surface area (Å²) in [4.78, 5) is 35.7. The smallest absolute Gasteiger partial charge is 0.407 e. The van der Waals surface area contributed by atoms with Gasteiger partial charge in [0.15, 0.2) is 0 Å². The van der Waals surface area contributed by atoms with Gasteiger partial charge in [0.2, 0.25) is 0 Å². The van der Waals surface area contributed by atoms with Gasteiger partial charge in [0, 0.05) is 12.3 Å². The highest BCUT2D eigenvalue weighted by Gasteiger charge is 2.30. The van der Waals surface area contributed by atoms with Crippen LogP contribution >= 0.6 is 0 Å². The maximum Gasteiger partial charge on any atom is 0.407 e. The second-order valence-corrected chi connectivity index (χ2v) is 7.61. The first-order chi connectivity index (χ1) is 14.9. The summed E-state index contributed by atoms with van der Waals surface area (Å²) in [6.45, 7) is 3.70. The molecule has 3 rings (SSSR count). The Balaban J connectivity index is 1.66. The number of nitrogens with one attached hydrogen (secondary N) is 1. The van der Waals surface area contributed by atoms with Crippen LogP contribution in [0, 0.1) is 0 Å². The molecule has 0 saturated carbocycles. The van der Waals surface area contributed by atoms with Gasteiger partial charge in [-0.1, -0.05) is 55.5 Å². The van der Waals surface area contributed by atoms with Crippen LogP contribution in [-0.4, -0.2) is 41.9 Å². The lowest BCUT2D eigenvalue weighted by Crippen LogP contribution is -2.43. The average molecular weight is 425 g/mol. The number of hydrogen-bond acceptors (Lipinski definition) is 5. The molecular weight excluding hydrogens is 398 g/mol. The second kappa shape index (κ2) is 10.1. The van der Waals surface area contributed by atoms with Gasteiger partial charge in [0.1, 0.15) is 12.6 Å². The number of amides is 1. The Kier molecular flexibility index (Phi) is 7.28. The van der Waals surface area contributed by atoms with Gasteiger partial charge in [-0.15, -0.1) is 0 Å². The zero-order valence-electron chi connectivity index (χ0n) is 17.7. The van der Waals surface area contributed by atoms with Crippen LogP contribution in [0.15, 0.2) is 48.5 Å². The lowest BCUT2D eigenvalue weighted by molar-refractivity contribution is -0.151. The van der Waals surface area contributed by atoms with E-state index in [1.165, 1.54) is 0 Å². The van der Waals surface area contributed by atoms with E-state index in [0.717, 1.165) is 22.3 Å². The minimum Gasteiger partial charge on any atom is -0.481 e. The highest BCUT2D eigenvalue weighted by atomic mass is 16.6. The van der Waals surface area contributed by atoms with Crippen LogP contribution in [0.3, 0.4) is 0 Å². The number of carbonyl (C=O) groups excluding carboxylic acids is 2. The Hall–Kier alpha value is -3.35. The molecule has 0 heterocycles. The van der Waals surface area contributed by atoms with Crippen molar-refractivity contribution < 1.29 is 29.0 Å². The lowest BCUT2D eigenvalue weighted by Gasteiger charge is -2.20. The van der Waals surface area contributed by atoms with Crippen molar-refractivity contribution in [2.45, 2.75) is 51.2 Å². The standard InChI is InChI=1S/C24H27NO6/c1-3-15(2)31-23(28)21(12-13-22(26)27)25-24(29)30-14-20-18-10-6-4-8-16(18)17-9-5-7-11-19(17)20/h4-11,15,20-21H,3,12-14H2,1-2H3,(H,25,29)(H,26,27)/t15?,21-/m0/s1. The molecule has 1 aliphatic rings. The van der Waals surface area contributed by atoms with Crippen LogP contribution in [-0.2, 0) is 19.1 Å². The van der Waals surface area contributed by atoms with Crippen LogP contribution in [0.4, 0.5) is 4.79 Å². The average Bonchev–Trinajstić information content (AvgIpc) is 3.08. The minimum atomic E-state index is -1.08. The maximum absolute atomic E-state index is 12.5. The normalized spacial score (nSPS) is 14.1. The van der Waals surface area contributed by atoms with E-state index in [1.54, 1.807) is 6.92 Å². The number of carbonyl (C=O) groups is 3. The molecule has 0 spiro atoms. The predicted octanol–water partition coefficient (Wildman–Crippen LogP) is 4.10. The molecule has 0 fully saturated rings. The fourth-order valence-corrected chi connectivity index (χ4v) is 3.66. The molecule has 0 radical (unpaired) electrons. The van der Waals surface area contributed by atoms with E-state index in [0.29, 0.717) is 6.42 Å². The summed E-state index contributed by atoms with van der Waals surface area (Å²) in [6.07, 6.45) is -0.844. The Morgan fingerprint density at radius 1 is 1.03 bits per heavy atom. The number of carboxylic acid groups (broad SMARTS) is 1. The molecule has 0 saturated heterocycles. The van der Waals surface area contributed by atoms with Crippen molar-refractivity contribution in [2.24, 2.45) is 0 Å². The summed E-state index contributed by atoms with van der Waals surface area (Å²) in [6, 6.07) is 14.9. The molecule has 7 heteroatoms. The van der Waals surface area contributed by atoms with E-state index in [4.69, 9.17) is 14.6 Å². The quantitative estimate of drug-likeness (QED) is 0.587. The first kappa shape index (κ1) is 22.3. The van der Waals surface area contributed by atoms with E-state index >= 15 is 0 Å². The fraction of sp³-hybridized carbons (Fsp3) is 0.375. The minimum absolute atomic E-state index is 0.0746. The zero-order valence-corrected chi connectivity index (χ0v) is 17.7. The highest BCUT2D eigenvalue weighted by Crippen LogP contribution is 2.44. The van der Waals surface area contributed by atoms with Crippen LogP contribution in [0.5, 0.6) is 0 Å². The molecule has 1 unspecified atom stereocenters. The van der Waals surface area contributed by atoms with E-state index in [9.17, 15) is 14.4 Å². The maximum atomic E-state index is 12.5. The number of ether oxygens (including phenoxy) is 2. The molecule has 164 valence electrons. The summed E-state index contributed by atoms with van der Waals surface area (Å²) in [7, 11) is 0. The van der Waals surface area contributed by atoms with Crippen molar-refractivity contribution in [3.05, 3.63) is 59.7 Å².